The van der Waals surface area contributed by atoms with Gasteiger partial charge in [-0.1, -0.05) is 6.07 Å². The van der Waals surface area contributed by atoms with Gasteiger partial charge in [-0.2, -0.15) is 0 Å². The third kappa shape index (κ3) is 1.85. The van der Waals surface area contributed by atoms with Gasteiger partial charge in [0.05, 0.1) is 29.2 Å². The van der Waals surface area contributed by atoms with Gasteiger partial charge in [-0.05, 0) is 24.3 Å². The summed E-state index contributed by atoms with van der Waals surface area (Å²) in [6, 6.07) is 9.89. The van der Waals surface area contributed by atoms with E-state index in [1.165, 1.54) is 13.2 Å². The minimum absolute atomic E-state index is 0.108. The summed E-state index contributed by atoms with van der Waals surface area (Å²) in [4.78, 5) is 20.5. The molecule has 0 fully saturated rings. The molecular formula is C14H10N2O3. The summed E-state index contributed by atoms with van der Waals surface area (Å²) >= 11 is 0. The maximum atomic E-state index is 11.7. The predicted molar refractivity (Wildman–Crippen MR) is 70.0 cm³/mol. The van der Waals surface area contributed by atoms with Crippen LogP contribution in [0.5, 0.6) is 5.75 Å². The van der Waals surface area contributed by atoms with Gasteiger partial charge in [0.25, 0.3) is 0 Å². The number of hydrogen-bond acceptors (Lipinski definition) is 5. The zero-order chi connectivity index (χ0) is 13.4. The maximum absolute atomic E-state index is 11.7. The average Bonchev–Trinajstić information content (AvgIpc) is 2.43. The summed E-state index contributed by atoms with van der Waals surface area (Å²) in [6.45, 7) is 0. The molecule has 0 aliphatic heterocycles. The van der Waals surface area contributed by atoms with Crippen LogP contribution < -0.4 is 0 Å². The number of carbonyl (C=O) groups is 1. The summed E-state index contributed by atoms with van der Waals surface area (Å²) in [6.07, 6.45) is 0. The zero-order valence-corrected chi connectivity index (χ0v) is 10.1. The number of rotatable bonds is 1. The SMILES string of the molecule is COC(=O)c1cccc2nc3ccc(O)cc3nc12. The van der Waals surface area contributed by atoms with E-state index in [0.29, 0.717) is 27.6 Å². The molecule has 5 nitrogen and oxygen atoms in total. The lowest BCUT2D eigenvalue weighted by molar-refractivity contribution is 0.0603. The monoisotopic (exact) mass is 254 g/mol. The van der Waals surface area contributed by atoms with Gasteiger partial charge in [-0.3, -0.25) is 0 Å². The number of aromatic hydroxyl groups is 1. The minimum atomic E-state index is -0.459. The molecule has 0 aliphatic carbocycles. The van der Waals surface area contributed by atoms with Crippen LogP contribution in [0.2, 0.25) is 0 Å². The molecule has 0 radical (unpaired) electrons. The lowest BCUT2D eigenvalue weighted by Gasteiger charge is -2.05. The lowest BCUT2D eigenvalue weighted by atomic mass is 10.1. The van der Waals surface area contributed by atoms with Crippen molar-refractivity contribution in [2.75, 3.05) is 7.11 Å². The number of phenols is 1. The number of benzene rings is 2. The summed E-state index contributed by atoms with van der Waals surface area (Å²) in [5, 5.41) is 9.47. The quantitative estimate of drug-likeness (QED) is 0.532. The molecule has 0 bridgehead atoms. The first kappa shape index (κ1) is 11.4. The summed E-state index contributed by atoms with van der Waals surface area (Å²) < 4.78 is 4.72. The fourth-order valence-corrected chi connectivity index (χ4v) is 1.96. The standard InChI is InChI=1S/C14H10N2O3/c1-19-14(18)9-3-2-4-11-13(9)16-12-7-8(17)5-6-10(12)15-11/h2-7,17H,1H3. The van der Waals surface area contributed by atoms with Crippen molar-refractivity contribution in [2.45, 2.75) is 0 Å². The van der Waals surface area contributed by atoms with Gasteiger partial charge in [-0.15, -0.1) is 0 Å². The number of esters is 1. The molecule has 1 aromatic heterocycles. The molecule has 94 valence electrons. The first-order valence-corrected chi connectivity index (χ1v) is 5.67. The van der Waals surface area contributed by atoms with Crippen LogP contribution in [0, 0.1) is 0 Å². The van der Waals surface area contributed by atoms with Crippen molar-refractivity contribution in [1.82, 2.24) is 9.97 Å². The van der Waals surface area contributed by atoms with Crippen molar-refractivity contribution >= 4 is 28.0 Å². The number of phenolic OH excluding ortho intramolecular Hbond substituents is 1. The molecule has 1 heterocycles. The van der Waals surface area contributed by atoms with Crippen molar-refractivity contribution < 1.29 is 14.6 Å². The van der Waals surface area contributed by atoms with Crippen molar-refractivity contribution in [3.8, 4) is 5.75 Å². The average molecular weight is 254 g/mol. The van der Waals surface area contributed by atoms with Crippen LogP contribution in [-0.4, -0.2) is 28.2 Å². The highest BCUT2D eigenvalue weighted by molar-refractivity contribution is 6.03. The molecular weight excluding hydrogens is 244 g/mol. The van der Waals surface area contributed by atoms with E-state index in [4.69, 9.17) is 4.74 Å². The highest BCUT2D eigenvalue weighted by Crippen LogP contribution is 2.22. The Balaban J connectivity index is 2.39. The molecule has 0 saturated heterocycles. The number of hydrogen-bond donors (Lipinski definition) is 1. The van der Waals surface area contributed by atoms with Gasteiger partial charge in [0.2, 0.25) is 0 Å². The molecule has 0 aliphatic rings. The van der Waals surface area contributed by atoms with Crippen LogP contribution in [0.1, 0.15) is 10.4 Å². The fraction of sp³-hybridized carbons (Fsp3) is 0.0714. The largest absolute Gasteiger partial charge is 0.508 e. The molecule has 19 heavy (non-hydrogen) atoms. The Hall–Kier alpha value is -2.69. The van der Waals surface area contributed by atoms with Crippen molar-refractivity contribution in [3.63, 3.8) is 0 Å². The molecule has 0 amide bonds. The molecule has 2 aromatic carbocycles. The van der Waals surface area contributed by atoms with Gasteiger partial charge >= 0.3 is 5.97 Å². The number of ether oxygens (including phenoxy) is 1. The second-order valence-corrected chi connectivity index (χ2v) is 4.06. The second kappa shape index (κ2) is 4.20. The normalized spacial score (nSPS) is 10.8. The molecule has 3 rings (SSSR count). The van der Waals surface area contributed by atoms with Crippen LogP contribution in [0.25, 0.3) is 22.1 Å². The van der Waals surface area contributed by atoms with Crippen LogP contribution >= 0.6 is 0 Å². The summed E-state index contributed by atoms with van der Waals surface area (Å²) in [5.41, 5.74) is 2.63. The number of para-hydroxylation sites is 1. The Labute approximate surface area is 108 Å². The maximum Gasteiger partial charge on any atom is 0.340 e. The first-order valence-electron chi connectivity index (χ1n) is 5.67. The Bertz CT molecular complexity index is 799. The highest BCUT2D eigenvalue weighted by atomic mass is 16.5. The molecule has 0 spiro atoms. The van der Waals surface area contributed by atoms with Gasteiger partial charge in [0.1, 0.15) is 11.3 Å². The van der Waals surface area contributed by atoms with Crippen molar-refractivity contribution in [2.24, 2.45) is 0 Å². The lowest BCUT2D eigenvalue weighted by Crippen LogP contribution is -2.03. The van der Waals surface area contributed by atoms with Gasteiger partial charge in [-0.25, -0.2) is 14.8 Å². The van der Waals surface area contributed by atoms with Crippen LogP contribution in [0.4, 0.5) is 0 Å². The topological polar surface area (TPSA) is 72.3 Å². The summed E-state index contributed by atoms with van der Waals surface area (Å²) in [7, 11) is 1.32. The molecule has 5 heteroatoms. The number of carbonyl (C=O) groups excluding carboxylic acids is 1. The Morgan fingerprint density at radius 1 is 1.11 bits per heavy atom. The fourth-order valence-electron chi connectivity index (χ4n) is 1.96. The Morgan fingerprint density at radius 2 is 1.95 bits per heavy atom. The van der Waals surface area contributed by atoms with Gasteiger partial charge in [0, 0.05) is 6.07 Å². The van der Waals surface area contributed by atoms with Crippen molar-refractivity contribution in [3.05, 3.63) is 42.0 Å². The molecule has 0 unspecified atom stereocenters. The number of fused-ring (bicyclic) bond motifs is 2. The van der Waals surface area contributed by atoms with Gasteiger partial charge < -0.3 is 9.84 Å². The molecule has 3 aromatic rings. The highest BCUT2D eigenvalue weighted by Gasteiger charge is 2.13. The Morgan fingerprint density at radius 3 is 2.74 bits per heavy atom. The predicted octanol–water partition coefficient (Wildman–Crippen LogP) is 2.28. The van der Waals surface area contributed by atoms with Crippen LogP contribution in [0.3, 0.4) is 0 Å². The van der Waals surface area contributed by atoms with E-state index in [1.807, 2.05) is 0 Å². The minimum Gasteiger partial charge on any atom is -0.508 e. The van der Waals surface area contributed by atoms with E-state index in [2.05, 4.69) is 9.97 Å². The molecule has 0 atom stereocenters. The van der Waals surface area contributed by atoms with E-state index in [-0.39, 0.29) is 5.75 Å². The smallest absolute Gasteiger partial charge is 0.340 e. The van der Waals surface area contributed by atoms with E-state index in [1.54, 1.807) is 30.3 Å². The first-order chi connectivity index (χ1) is 9.19. The van der Waals surface area contributed by atoms with E-state index in [0.717, 1.165) is 0 Å². The third-order valence-corrected chi connectivity index (χ3v) is 2.85. The van der Waals surface area contributed by atoms with Crippen molar-refractivity contribution in [1.29, 1.82) is 0 Å². The molecule has 1 N–H and O–H groups in total. The Kier molecular flexibility index (Phi) is 2.52. The zero-order valence-electron chi connectivity index (χ0n) is 10.1. The van der Waals surface area contributed by atoms with E-state index >= 15 is 0 Å². The van der Waals surface area contributed by atoms with E-state index in [9.17, 15) is 9.90 Å². The summed E-state index contributed by atoms with van der Waals surface area (Å²) in [5.74, 6) is -0.351. The number of methoxy groups -OCH3 is 1. The van der Waals surface area contributed by atoms with Crippen LogP contribution in [0.15, 0.2) is 36.4 Å². The van der Waals surface area contributed by atoms with E-state index < -0.39 is 5.97 Å². The third-order valence-electron chi connectivity index (χ3n) is 2.85. The second-order valence-electron chi connectivity index (χ2n) is 4.06. The number of nitrogens with zero attached hydrogens (tertiary/aromatic N) is 2. The van der Waals surface area contributed by atoms with Gasteiger partial charge in [0.15, 0.2) is 0 Å². The molecule has 0 saturated carbocycles. The van der Waals surface area contributed by atoms with Crippen LogP contribution in [-0.2, 0) is 4.74 Å². The number of aromatic nitrogens is 2.